The lowest BCUT2D eigenvalue weighted by molar-refractivity contribution is -0.157. The molecule has 3 aliphatic rings. The molecule has 8 heteroatoms. The van der Waals surface area contributed by atoms with Crippen LogP contribution in [-0.2, 0) is 14.3 Å². The van der Waals surface area contributed by atoms with Crippen LogP contribution in [0.5, 0.6) is 0 Å². The van der Waals surface area contributed by atoms with E-state index in [1.165, 1.54) is 0 Å². The van der Waals surface area contributed by atoms with Gasteiger partial charge in [0.25, 0.3) is 11.8 Å². The number of carbonyl (C=O) groups excluding carboxylic acids is 4. The Bertz CT molecular complexity index is 1070. The van der Waals surface area contributed by atoms with Crippen LogP contribution in [0.1, 0.15) is 51.3 Å². The van der Waals surface area contributed by atoms with E-state index in [0.717, 1.165) is 10.5 Å². The molecule has 5 rings (SSSR count). The van der Waals surface area contributed by atoms with Crippen LogP contribution < -0.4 is 0 Å². The summed E-state index contributed by atoms with van der Waals surface area (Å²) in [5, 5.41) is -0.487. The Morgan fingerprint density at radius 1 is 0.969 bits per heavy atom. The van der Waals surface area contributed by atoms with Gasteiger partial charge in [0.2, 0.25) is 5.91 Å². The van der Waals surface area contributed by atoms with Gasteiger partial charge in [-0.1, -0.05) is 42.5 Å². The zero-order valence-corrected chi connectivity index (χ0v) is 18.3. The van der Waals surface area contributed by atoms with Crippen molar-refractivity contribution in [2.75, 3.05) is 6.61 Å². The Morgan fingerprint density at radius 2 is 1.59 bits per heavy atom. The molecule has 3 aliphatic heterocycles. The first-order chi connectivity index (χ1) is 15.5. The molecule has 3 heterocycles. The maximum Gasteiger partial charge on any atom is 0.330 e. The fourth-order valence-electron chi connectivity index (χ4n) is 4.82. The molecule has 0 aromatic heterocycles. The third-order valence-corrected chi connectivity index (χ3v) is 7.82. The summed E-state index contributed by atoms with van der Waals surface area (Å²) in [6, 6.07) is 14.5. The number of fused-ring (bicyclic) bond motifs is 2. The van der Waals surface area contributed by atoms with Gasteiger partial charge in [0.1, 0.15) is 12.1 Å². The number of nitrogens with zero attached hydrogens (tertiary/aromatic N) is 2. The number of imide groups is 1. The van der Waals surface area contributed by atoms with Crippen LogP contribution >= 0.6 is 11.8 Å². The van der Waals surface area contributed by atoms with Crippen molar-refractivity contribution in [1.29, 1.82) is 0 Å². The first kappa shape index (κ1) is 20.8. The van der Waals surface area contributed by atoms with E-state index in [9.17, 15) is 19.2 Å². The van der Waals surface area contributed by atoms with Crippen molar-refractivity contribution in [2.45, 2.75) is 42.5 Å². The largest absolute Gasteiger partial charge is 0.464 e. The molecule has 0 radical (unpaired) electrons. The Kier molecular flexibility index (Phi) is 5.25. The molecule has 0 spiro atoms. The number of ether oxygens (including phenoxy) is 1. The Labute approximate surface area is 189 Å². The quantitative estimate of drug-likeness (QED) is 0.526. The van der Waals surface area contributed by atoms with Crippen molar-refractivity contribution in [3.63, 3.8) is 0 Å². The van der Waals surface area contributed by atoms with Crippen LogP contribution in [0.25, 0.3) is 0 Å². The molecule has 0 aliphatic carbocycles. The molecule has 0 saturated carbocycles. The van der Waals surface area contributed by atoms with E-state index in [1.807, 2.05) is 30.3 Å². The van der Waals surface area contributed by atoms with Gasteiger partial charge in [-0.25, -0.2) is 4.79 Å². The summed E-state index contributed by atoms with van der Waals surface area (Å²) in [5.74, 6) is -1.75. The minimum atomic E-state index is -0.925. The first-order valence-corrected chi connectivity index (χ1v) is 11.6. The molecule has 4 atom stereocenters. The second kappa shape index (κ2) is 8.09. The highest BCUT2D eigenvalue weighted by atomic mass is 32.2. The van der Waals surface area contributed by atoms with E-state index in [2.05, 4.69) is 0 Å². The maximum absolute atomic E-state index is 13.7. The molecule has 164 valence electrons. The molecule has 2 fully saturated rings. The van der Waals surface area contributed by atoms with Gasteiger partial charge in [0.05, 0.1) is 28.4 Å². The van der Waals surface area contributed by atoms with Gasteiger partial charge in [-0.05, 0) is 37.5 Å². The molecule has 0 unspecified atom stereocenters. The molecule has 0 N–H and O–H groups in total. The van der Waals surface area contributed by atoms with Crippen molar-refractivity contribution in [2.24, 2.45) is 0 Å². The molecular formula is C24H22N2O5S. The van der Waals surface area contributed by atoms with Gasteiger partial charge in [0, 0.05) is 0 Å². The molecule has 32 heavy (non-hydrogen) atoms. The number of thioether (sulfide) groups is 1. The second-order valence-electron chi connectivity index (χ2n) is 7.98. The van der Waals surface area contributed by atoms with E-state index in [-0.39, 0.29) is 23.1 Å². The topological polar surface area (TPSA) is 84.0 Å². The third kappa shape index (κ3) is 3.12. The van der Waals surface area contributed by atoms with Gasteiger partial charge < -0.3 is 9.64 Å². The van der Waals surface area contributed by atoms with Crippen LogP contribution in [0.4, 0.5) is 0 Å². The first-order valence-electron chi connectivity index (χ1n) is 10.7. The molecule has 2 aromatic carbocycles. The van der Waals surface area contributed by atoms with Crippen LogP contribution in [0.2, 0.25) is 0 Å². The lowest BCUT2D eigenvalue weighted by Crippen LogP contribution is -2.59. The minimum absolute atomic E-state index is 0.204. The van der Waals surface area contributed by atoms with Gasteiger partial charge in [0.15, 0.2) is 0 Å². The number of esters is 1. The summed E-state index contributed by atoms with van der Waals surface area (Å²) >= 11 is 1.56. The standard InChI is InChI=1S/C24H22N2O5S/c1-2-31-24(30)19-20(14-8-4-3-5-9-14)32-18-13-12-17(23(29)26(18)19)25-21(27)15-10-6-7-11-16(15)22(25)28/h3-11,17-20H,2,12-13H2,1H3/t17-,18-,19-,20-/m0/s1. The summed E-state index contributed by atoms with van der Waals surface area (Å²) in [6.07, 6.45) is 0.948. The van der Waals surface area contributed by atoms with E-state index >= 15 is 0 Å². The molecule has 2 aromatic rings. The molecule has 2 saturated heterocycles. The van der Waals surface area contributed by atoms with Crippen LogP contribution in [0, 0.1) is 0 Å². The minimum Gasteiger partial charge on any atom is -0.464 e. The number of benzene rings is 2. The molecule has 7 nitrogen and oxygen atoms in total. The Hall–Kier alpha value is -3.13. The lowest BCUT2D eigenvalue weighted by Gasteiger charge is -2.39. The highest BCUT2D eigenvalue weighted by Gasteiger charge is 2.55. The maximum atomic E-state index is 13.7. The van der Waals surface area contributed by atoms with Gasteiger partial charge in [-0.2, -0.15) is 0 Å². The zero-order valence-electron chi connectivity index (χ0n) is 17.5. The Morgan fingerprint density at radius 3 is 2.22 bits per heavy atom. The van der Waals surface area contributed by atoms with E-state index in [1.54, 1.807) is 47.9 Å². The van der Waals surface area contributed by atoms with Crippen molar-refractivity contribution < 1.29 is 23.9 Å². The highest BCUT2D eigenvalue weighted by molar-refractivity contribution is 8.00. The van der Waals surface area contributed by atoms with Crippen LogP contribution in [0.15, 0.2) is 54.6 Å². The van der Waals surface area contributed by atoms with Gasteiger partial charge in [-0.15, -0.1) is 11.8 Å². The molecule has 3 amide bonds. The highest BCUT2D eigenvalue weighted by Crippen LogP contribution is 2.50. The predicted octanol–water partition coefficient (Wildman–Crippen LogP) is 3.02. The zero-order chi connectivity index (χ0) is 22.4. The van der Waals surface area contributed by atoms with Crippen LogP contribution in [-0.4, -0.2) is 57.6 Å². The normalized spacial score (nSPS) is 26.8. The number of piperidine rings is 1. The summed E-state index contributed by atoms with van der Waals surface area (Å²) in [4.78, 5) is 55.3. The number of amides is 3. The smallest absolute Gasteiger partial charge is 0.330 e. The fourth-order valence-corrected chi connectivity index (χ4v) is 6.50. The van der Waals surface area contributed by atoms with Gasteiger partial charge in [-0.3, -0.25) is 19.3 Å². The molecule has 0 bridgehead atoms. The summed E-state index contributed by atoms with van der Waals surface area (Å²) in [7, 11) is 0. The van der Waals surface area contributed by atoms with Crippen molar-refractivity contribution in [1.82, 2.24) is 9.80 Å². The average molecular weight is 451 g/mol. The molecular weight excluding hydrogens is 428 g/mol. The number of hydrogen-bond acceptors (Lipinski definition) is 6. The number of rotatable bonds is 4. The predicted molar refractivity (Wildman–Crippen MR) is 118 cm³/mol. The van der Waals surface area contributed by atoms with E-state index in [0.29, 0.717) is 24.0 Å². The lowest BCUT2D eigenvalue weighted by atomic mass is 9.97. The van der Waals surface area contributed by atoms with Crippen molar-refractivity contribution in [3.8, 4) is 0 Å². The van der Waals surface area contributed by atoms with Crippen molar-refractivity contribution >= 4 is 35.5 Å². The SMILES string of the molecule is CCOC(=O)[C@@H]1[C@H](c2ccccc2)S[C@H]2CC[C@H](N3C(=O)c4ccccc4C3=O)C(=O)N21. The summed E-state index contributed by atoms with van der Waals surface area (Å²) in [6.45, 7) is 1.94. The number of hydrogen-bond donors (Lipinski definition) is 0. The summed E-state index contributed by atoms with van der Waals surface area (Å²) in [5.41, 5.74) is 1.56. The Balaban J connectivity index is 1.49. The second-order valence-corrected chi connectivity index (χ2v) is 9.31. The number of carbonyl (C=O) groups is 4. The van der Waals surface area contributed by atoms with Crippen LogP contribution in [0.3, 0.4) is 0 Å². The summed E-state index contributed by atoms with van der Waals surface area (Å²) < 4.78 is 5.33. The monoisotopic (exact) mass is 450 g/mol. The average Bonchev–Trinajstić information content (AvgIpc) is 3.32. The van der Waals surface area contributed by atoms with Gasteiger partial charge >= 0.3 is 5.97 Å². The van der Waals surface area contributed by atoms with E-state index in [4.69, 9.17) is 4.74 Å². The van der Waals surface area contributed by atoms with E-state index < -0.39 is 29.9 Å². The third-order valence-electron chi connectivity index (χ3n) is 6.22. The fraction of sp³-hybridized carbons (Fsp3) is 0.333. The van der Waals surface area contributed by atoms with Crippen molar-refractivity contribution in [3.05, 3.63) is 71.3 Å².